The molecule has 0 aliphatic carbocycles. The van der Waals surface area contributed by atoms with Crippen molar-refractivity contribution in [3.8, 4) is 5.75 Å². The molecule has 12 heavy (non-hydrogen) atoms. The molecule has 1 atom stereocenters. The Labute approximate surface area is 71.8 Å². The van der Waals surface area contributed by atoms with Crippen LogP contribution >= 0.6 is 0 Å². The van der Waals surface area contributed by atoms with E-state index in [1.165, 1.54) is 5.56 Å². The van der Waals surface area contributed by atoms with E-state index in [0.717, 1.165) is 19.4 Å². The number of ether oxygens (including phenoxy) is 1. The number of hydrogen-bond donors (Lipinski definition) is 1. The summed E-state index contributed by atoms with van der Waals surface area (Å²) >= 11 is 0. The zero-order chi connectivity index (χ0) is 8.39. The molecule has 1 aliphatic rings. The predicted octanol–water partition coefficient (Wildman–Crippen LogP) is 1.72. The van der Waals surface area contributed by atoms with E-state index in [9.17, 15) is 0 Å². The van der Waals surface area contributed by atoms with E-state index in [1.807, 2.05) is 18.2 Å². The lowest BCUT2D eigenvalue weighted by Crippen LogP contribution is -1.90. The van der Waals surface area contributed by atoms with Crippen LogP contribution in [-0.4, -0.2) is 17.8 Å². The first kappa shape index (κ1) is 7.62. The summed E-state index contributed by atoms with van der Waals surface area (Å²) in [6.07, 6.45) is 2.55. The maximum Gasteiger partial charge on any atom is 0.115 e. The molecule has 1 aromatic carbocycles. The van der Waals surface area contributed by atoms with Crippen LogP contribution in [0.25, 0.3) is 0 Å². The van der Waals surface area contributed by atoms with Gasteiger partial charge in [-0.2, -0.15) is 0 Å². The van der Waals surface area contributed by atoms with Crippen LogP contribution in [0, 0.1) is 0 Å². The highest BCUT2D eigenvalue weighted by Gasteiger charge is 2.21. The normalized spacial score (nSPS) is 20.8. The first-order valence-electron chi connectivity index (χ1n) is 4.24. The second kappa shape index (κ2) is 3.15. The summed E-state index contributed by atoms with van der Waals surface area (Å²) in [5, 5.41) is 9.16. The zero-order valence-corrected chi connectivity index (χ0v) is 6.86. The predicted molar refractivity (Wildman–Crippen MR) is 46.2 cm³/mol. The van der Waals surface area contributed by atoms with Crippen molar-refractivity contribution in [2.24, 2.45) is 0 Å². The molecule has 1 unspecified atom stereocenters. The van der Waals surface area contributed by atoms with Crippen molar-refractivity contribution in [2.75, 3.05) is 6.61 Å². The van der Waals surface area contributed by atoms with Gasteiger partial charge in [-0.1, -0.05) is 12.1 Å². The third-order valence-electron chi connectivity index (χ3n) is 2.07. The molecule has 0 aromatic heterocycles. The van der Waals surface area contributed by atoms with Gasteiger partial charge in [-0.15, -0.1) is 0 Å². The van der Waals surface area contributed by atoms with E-state index in [0.29, 0.717) is 11.9 Å². The van der Waals surface area contributed by atoms with Crippen molar-refractivity contribution in [1.29, 1.82) is 0 Å². The average Bonchev–Trinajstić information content (AvgIpc) is 2.84. The Hall–Kier alpha value is -1.02. The number of hydrogen-bond acceptors (Lipinski definition) is 2. The first-order valence-corrected chi connectivity index (χ1v) is 4.24. The van der Waals surface area contributed by atoms with Crippen LogP contribution in [-0.2, 0) is 11.2 Å². The van der Waals surface area contributed by atoms with Crippen LogP contribution in [0.4, 0.5) is 0 Å². The van der Waals surface area contributed by atoms with Crippen LogP contribution < -0.4 is 0 Å². The molecule has 1 N–H and O–H groups in total. The van der Waals surface area contributed by atoms with Gasteiger partial charge in [0.15, 0.2) is 0 Å². The molecule has 1 saturated heterocycles. The Balaban J connectivity index is 1.92. The second-order valence-corrected chi connectivity index (χ2v) is 3.16. The van der Waals surface area contributed by atoms with Crippen LogP contribution in [0.15, 0.2) is 24.3 Å². The van der Waals surface area contributed by atoms with Gasteiger partial charge in [0.1, 0.15) is 5.75 Å². The fourth-order valence-electron chi connectivity index (χ4n) is 1.27. The summed E-state index contributed by atoms with van der Waals surface area (Å²) in [6, 6.07) is 7.40. The Morgan fingerprint density at radius 3 is 3.00 bits per heavy atom. The highest BCUT2D eigenvalue weighted by atomic mass is 16.6. The van der Waals surface area contributed by atoms with Crippen molar-refractivity contribution in [1.82, 2.24) is 0 Å². The quantitative estimate of drug-likeness (QED) is 0.690. The molecule has 2 nitrogen and oxygen atoms in total. The Kier molecular flexibility index (Phi) is 2.00. The van der Waals surface area contributed by atoms with E-state index in [1.54, 1.807) is 6.07 Å². The van der Waals surface area contributed by atoms with Crippen molar-refractivity contribution in [3.63, 3.8) is 0 Å². The average molecular weight is 164 g/mol. The van der Waals surface area contributed by atoms with E-state index in [-0.39, 0.29) is 0 Å². The first-order chi connectivity index (χ1) is 5.84. The topological polar surface area (TPSA) is 32.8 Å². The monoisotopic (exact) mass is 164 g/mol. The minimum atomic E-state index is 0.351. The summed E-state index contributed by atoms with van der Waals surface area (Å²) in [5.74, 6) is 0.351. The number of epoxide rings is 1. The molecule has 1 aromatic rings. The van der Waals surface area contributed by atoms with Crippen LogP contribution in [0.3, 0.4) is 0 Å². The van der Waals surface area contributed by atoms with Gasteiger partial charge in [0.25, 0.3) is 0 Å². The summed E-state index contributed by atoms with van der Waals surface area (Å²) in [7, 11) is 0. The minimum absolute atomic E-state index is 0.351. The molecule has 2 rings (SSSR count). The SMILES string of the molecule is Oc1cccc(CCC2CO2)c1. The molecule has 1 aliphatic heterocycles. The van der Waals surface area contributed by atoms with Gasteiger partial charge in [0, 0.05) is 0 Å². The fourth-order valence-corrected chi connectivity index (χ4v) is 1.27. The maximum atomic E-state index is 9.16. The van der Waals surface area contributed by atoms with Crippen LogP contribution in [0.2, 0.25) is 0 Å². The number of rotatable bonds is 3. The van der Waals surface area contributed by atoms with Crippen molar-refractivity contribution >= 4 is 0 Å². The number of aryl methyl sites for hydroxylation is 1. The lowest BCUT2D eigenvalue weighted by Gasteiger charge is -1.98. The zero-order valence-electron chi connectivity index (χ0n) is 6.86. The Morgan fingerprint density at radius 2 is 2.33 bits per heavy atom. The van der Waals surface area contributed by atoms with Crippen LogP contribution in [0.1, 0.15) is 12.0 Å². The van der Waals surface area contributed by atoms with Gasteiger partial charge < -0.3 is 9.84 Å². The summed E-state index contributed by atoms with van der Waals surface area (Å²) in [6.45, 7) is 0.915. The molecular weight excluding hydrogens is 152 g/mol. The van der Waals surface area contributed by atoms with Gasteiger partial charge in [-0.05, 0) is 30.5 Å². The molecule has 1 heterocycles. The highest BCUT2D eigenvalue weighted by molar-refractivity contribution is 5.27. The smallest absolute Gasteiger partial charge is 0.115 e. The lowest BCUT2D eigenvalue weighted by molar-refractivity contribution is 0.396. The highest BCUT2D eigenvalue weighted by Crippen LogP contribution is 2.18. The fraction of sp³-hybridized carbons (Fsp3) is 0.400. The number of benzene rings is 1. The molecule has 0 amide bonds. The number of phenolic OH excluding ortho intramolecular Hbond substituents is 1. The third kappa shape index (κ3) is 1.98. The molecule has 1 fully saturated rings. The number of aromatic hydroxyl groups is 1. The summed E-state index contributed by atoms with van der Waals surface area (Å²) in [5.41, 5.74) is 1.19. The van der Waals surface area contributed by atoms with E-state index >= 15 is 0 Å². The molecule has 0 radical (unpaired) electrons. The van der Waals surface area contributed by atoms with Gasteiger partial charge in [0.05, 0.1) is 12.7 Å². The summed E-state index contributed by atoms with van der Waals surface area (Å²) in [4.78, 5) is 0. The van der Waals surface area contributed by atoms with Crippen molar-refractivity contribution in [2.45, 2.75) is 18.9 Å². The lowest BCUT2D eigenvalue weighted by atomic mass is 10.1. The van der Waals surface area contributed by atoms with E-state index < -0.39 is 0 Å². The molecule has 0 bridgehead atoms. The summed E-state index contributed by atoms with van der Waals surface area (Å²) < 4.78 is 5.10. The van der Waals surface area contributed by atoms with E-state index in [4.69, 9.17) is 9.84 Å². The molecule has 64 valence electrons. The standard InChI is InChI=1S/C10H12O2/c11-9-3-1-2-8(6-9)4-5-10-7-12-10/h1-3,6,10-11H,4-5,7H2. The van der Waals surface area contributed by atoms with E-state index in [2.05, 4.69) is 0 Å². The number of phenols is 1. The minimum Gasteiger partial charge on any atom is -0.508 e. The van der Waals surface area contributed by atoms with Gasteiger partial charge in [0.2, 0.25) is 0 Å². The second-order valence-electron chi connectivity index (χ2n) is 3.16. The molecule has 0 saturated carbocycles. The van der Waals surface area contributed by atoms with Crippen LogP contribution in [0.5, 0.6) is 5.75 Å². The van der Waals surface area contributed by atoms with Crippen molar-refractivity contribution in [3.05, 3.63) is 29.8 Å². The largest absolute Gasteiger partial charge is 0.508 e. The third-order valence-corrected chi connectivity index (χ3v) is 2.07. The van der Waals surface area contributed by atoms with Gasteiger partial charge in [-0.25, -0.2) is 0 Å². The van der Waals surface area contributed by atoms with Gasteiger partial charge in [-0.3, -0.25) is 0 Å². The molecule has 2 heteroatoms. The van der Waals surface area contributed by atoms with Crippen molar-refractivity contribution < 1.29 is 9.84 Å². The molecular formula is C10H12O2. The molecule has 0 spiro atoms. The Morgan fingerprint density at radius 1 is 1.50 bits per heavy atom. The maximum absolute atomic E-state index is 9.16. The van der Waals surface area contributed by atoms with Gasteiger partial charge >= 0.3 is 0 Å². The Bertz CT molecular complexity index is 266.